The highest BCUT2D eigenvalue weighted by atomic mass is 16.5. The lowest BCUT2D eigenvalue weighted by atomic mass is 9.91. The number of hydrogen-bond acceptors (Lipinski definition) is 2. The van der Waals surface area contributed by atoms with Gasteiger partial charge in [-0.2, -0.15) is 0 Å². The zero-order valence-electron chi connectivity index (χ0n) is 11.8. The van der Waals surface area contributed by atoms with E-state index in [4.69, 9.17) is 4.74 Å². The summed E-state index contributed by atoms with van der Waals surface area (Å²) in [5.41, 5.74) is 0. The van der Waals surface area contributed by atoms with Gasteiger partial charge in [-0.25, -0.2) is 0 Å². The van der Waals surface area contributed by atoms with E-state index in [2.05, 4.69) is 20.8 Å². The van der Waals surface area contributed by atoms with Crippen molar-refractivity contribution >= 4 is 0 Å². The van der Waals surface area contributed by atoms with Crippen molar-refractivity contribution in [3.63, 3.8) is 0 Å². The van der Waals surface area contributed by atoms with Crippen LogP contribution in [0.25, 0.3) is 0 Å². The Hall–Kier alpha value is -0.0800. The maximum Gasteiger partial charge on any atom is 0.0546 e. The topological polar surface area (TPSA) is 29.5 Å². The van der Waals surface area contributed by atoms with Gasteiger partial charge in [-0.05, 0) is 37.0 Å². The van der Waals surface area contributed by atoms with Crippen LogP contribution in [0.15, 0.2) is 0 Å². The van der Waals surface area contributed by atoms with Gasteiger partial charge in [0.15, 0.2) is 0 Å². The molecule has 1 fully saturated rings. The van der Waals surface area contributed by atoms with Crippen LogP contribution in [0.5, 0.6) is 0 Å². The summed E-state index contributed by atoms with van der Waals surface area (Å²) in [7, 11) is 0. The van der Waals surface area contributed by atoms with Crippen LogP contribution >= 0.6 is 0 Å². The van der Waals surface area contributed by atoms with Crippen LogP contribution in [0.4, 0.5) is 0 Å². The Morgan fingerprint density at radius 1 is 1.24 bits per heavy atom. The van der Waals surface area contributed by atoms with Crippen molar-refractivity contribution < 1.29 is 9.84 Å². The van der Waals surface area contributed by atoms with Gasteiger partial charge < -0.3 is 9.84 Å². The molecule has 0 spiro atoms. The molecule has 2 nitrogen and oxygen atoms in total. The van der Waals surface area contributed by atoms with Crippen LogP contribution in [0.3, 0.4) is 0 Å². The Morgan fingerprint density at radius 3 is 2.59 bits per heavy atom. The minimum Gasteiger partial charge on any atom is -0.393 e. The Morgan fingerprint density at radius 2 is 2.00 bits per heavy atom. The van der Waals surface area contributed by atoms with Crippen molar-refractivity contribution in [3.8, 4) is 0 Å². The fourth-order valence-electron chi connectivity index (χ4n) is 2.71. The zero-order valence-corrected chi connectivity index (χ0v) is 11.8. The normalized spacial score (nSPS) is 24.2. The molecule has 0 aliphatic carbocycles. The largest absolute Gasteiger partial charge is 0.393 e. The van der Waals surface area contributed by atoms with E-state index in [1.165, 1.54) is 19.3 Å². The lowest BCUT2D eigenvalue weighted by molar-refractivity contribution is 0.106. The van der Waals surface area contributed by atoms with Gasteiger partial charge in [0, 0.05) is 13.2 Å². The highest BCUT2D eigenvalue weighted by molar-refractivity contribution is 4.71. The van der Waals surface area contributed by atoms with Crippen molar-refractivity contribution in [1.29, 1.82) is 0 Å². The molecule has 1 aliphatic heterocycles. The first-order valence-corrected chi connectivity index (χ1v) is 7.33. The summed E-state index contributed by atoms with van der Waals surface area (Å²) in [6.07, 6.45) is 6.81. The summed E-state index contributed by atoms with van der Waals surface area (Å²) < 4.78 is 5.34. The molecule has 1 aliphatic rings. The lowest BCUT2D eigenvalue weighted by Crippen LogP contribution is -2.17. The van der Waals surface area contributed by atoms with Gasteiger partial charge in [-0.3, -0.25) is 0 Å². The molecule has 3 atom stereocenters. The molecule has 0 bridgehead atoms. The third kappa shape index (κ3) is 7.05. The van der Waals surface area contributed by atoms with E-state index in [0.29, 0.717) is 11.8 Å². The molecule has 0 radical (unpaired) electrons. The van der Waals surface area contributed by atoms with E-state index in [9.17, 15) is 5.11 Å². The molecule has 1 heterocycles. The van der Waals surface area contributed by atoms with Crippen molar-refractivity contribution in [2.75, 3.05) is 13.2 Å². The Bertz CT molecular complexity index is 185. The first-order chi connectivity index (χ1) is 8.08. The molecule has 2 heteroatoms. The van der Waals surface area contributed by atoms with Gasteiger partial charge in [0.05, 0.1) is 6.10 Å². The first kappa shape index (κ1) is 15.0. The first-order valence-electron chi connectivity index (χ1n) is 7.33. The van der Waals surface area contributed by atoms with Crippen molar-refractivity contribution in [3.05, 3.63) is 0 Å². The average molecular weight is 242 g/mol. The maximum atomic E-state index is 10.0. The summed E-state index contributed by atoms with van der Waals surface area (Å²) >= 11 is 0. The summed E-state index contributed by atoms with van der Waals surface area (Å²) in [5.74, 6) is 2.07. The second-order valence-electron chi connectivity index (χ2n) is 6.28. The smallest absolute Gasteiger partial charge is 0.0546 e. The van der Waals surface area contributed by atoms with Crippen LogP contribution in [0, 0.1) is 17.8 Å². The summed E-state index contributed by atoms with van der Waals surface area (Å²) in [5, 5.41) is 10.0. The average Bonchev–Trinajstić information content (AvgIpc) is 2.69. The molecule has 0 saturated carbocycles. The summed E-state index contributed by atoms with van der Waals surface area (Å²) in [6, 6.07) is 0. The van der Waals surface area contributed by atoms with Gasteiger partial charge >= 0.3 is 0 Å². The van der Waals surface area contributed by atoms with E-state index in [-0.39, 0.29) is 6.10 Å². The van der Waals surface area contributed by atoms with Crippen molar-refractivity contribution in [2.45, 2.75) is 65.4 Å². The fraction of sp³-hybridized carbons (Fsp3) is 1.00. The third-order valence-electron chi connectivity index (χ3n) is 3.78. The van der Waals surface area contributed by atoms with Gasteiger partial charge in [0.2, 0.25) is 0 Å². The molecular weight excluding hydrogens is 212 g/mol. The Kier molecular flexibility index (Phi) is 7.14. The molecule has 0 amide bonds. The van der Waals surface area contributed by atoms with E-state index in [1.54, 1.807) is 0 Å². The predicted octanol–water partition coefficient (Wildman–Crippen LogP) is 3.63. The summed E-state index contributed by atoms with van der Waals surface area (Å²) in [4.78, 5) is 0. The zero-order chi connectivity index (χ0) is 12.7. The molecule has 1 saturated heterocycles. The van der Waals surface area contributed by atoms with E-state index in [1.807, 2.05) is 0 Å². The van der Waals surface area contributed by atoms with Gasteiger partial charge in [-0.15, -0.1) is 0 Å². The highest BCUT2D eigenvalue weighted by Gasteiger charge is 2.20. The lowest BCUT2D eigenvalue weighted by Gasteiger charge is -2.19. The number of rotatable bonds is 8. The number of aliphatic hydroxyl groups is 1. The number of ether oxygens (including phenoxy) is 1. The molecule has 3 unspecified atom stereocenters. The molecule has 1 rings (SSSR count). The molecule has 17 heavy (non-hydrogen) atoms. The van der Waals surface area contributed by atoms with Crippen LogP contribution in [-0.4, -0.2) is 24.4 Å². The minimum absolute atomic E-state index is 0.115. The van der Waals surface area contributed by atoms with Gasteiger partial charge in [0.25, 0.3) is 0 Å². The molecule has 0 aromatic rings. The van der Waals surface area contributed by atoms with Crippen LogP contribution < -0.4 is 0 Å². The highest BCUT2D eigenvalue weighted by Crippen LogP contribution is 2.23. The van der Waals surface area contributed by atoms with Gasteiger partial charge in [0.1, 0.15) is 0 Å². The Labute approximate surface area is 107 Å². The second-order valence-corrected chi connectivity index (χ2v) is 6.28. The van der Waals surface area contributed by atoms with Crippen LogP contribution in [0.1, 0.15) is 59.3 Å². The molecule has 0 aromatic heterocycles. The summed E-state index contributed by atoms with van der Waals surface area (Å²) in [6.45, 7) is 8.58. The molecule has 102 valence electrons. The van der Waals surface area contributed by atoms with E-state index < -0.39 is 0 Å². The Balaban J connectivity index is 2.05. The minimum atomic E-state index is -0.115. The standard InChI is InChI=1S/C15H30O2/c1-12(2)5-4-6-13(3)9-15(16)10-14-7-8-17-11-14/h12-16H,4-11H2,1-3H3. The van der Waals surface area contributed by atoms with Crippen molar-refractivity contribution in [2.24, 2.45) is 17.8 Å². The molecule has 0 aromatic carbocycles. The second kappa shape index (κ2) is 8.10. The van der Waals surface area contributed by atoms with E-state index >= 15 is 0 Å². The predicted molar refractivity (Wildman–Crippen MR) is 72.0 cm³/mol. The van der Waals surface area contributed by atoms with E-state index in [0.717, 1.165) is 38.4 Å². The van der Waals surface area contributed by atoms with Gasteiger partial charge in [-0.1, -0.05) is 40.0 Å². The molecule has 1 N–H and O–H groups in total. The van der Waals surface area contributed by atoms with Crippen LogP contribution in [-0.2, 0) is 4.74 Å². The number of hydrogen-bond donors (Lipinski definition) is 1. The SMILES string of the molecule is CC(C)CCCC(C)CC(O)CC1CCOC1. The monoisotopic (exact) mass is 242 g/mol. The van der Waals surface area contributed by atoms with Crippen molar-refractivity contribution in [1.82, 2.24) is 0 Å². The quantitative estimate of drug-likeness (QED) is 0.704. The molecular formula is C15H30O2. The number of aliphatic hydroxyl groups excluding tert-OH is 1. The third-order valence-corrected chi connectivity index (χ3v) is 3.78. The fourth-order valence-corrected chi connectivity index (χ4v) is 2.71. The van der Waals surface area contributed by atoms with Crippen LogP contribution in [0.2, 0.25) is 0 Å². The maximum absolute atomic E-state index is 10.0.